The van der Waals surface area contributed by atoms with Gasteiger partial charge < -0.3 is 4.74 Å². The number of ether oxygens (including phenoxy) is 1. The maximum Gasteiger partial charge on any atom is 0.319 e. The standard InChI is InChI=1S/C7H13NO2.C7H8/c1-10-7(9)6-8-4-2-3-5-8;1-7-5-3-2-4-6-7/h2-6H2,1H3;2-6H,1H3. The lowest BCUT2D eigenvalue weighted by Crippen LogP contribution is -2.27. The lowest BCUT2D eigenvalue weighted by atomic mass is 10.2. The van der Waals surface area contributed by atoms with Crippen LogP contribution in [-0.2, 0) is 9.53 Å². The van der Waals surface area contributed by atoms with Gasteiger partial charge in [-0.05, 0) is 32.9 Å². The largest absolute Gasteiger partial charge is 0.468 e. The fraction of sp³-hybridized carbons (Fsp3) is 0.500. The van der Waals surface area contributed by atoms with Crippen molar-refractivity contribution in [1.29, 1.82) is 0 Å². The van der Waals surface area contributed by atoms with Gasteiger partial charge in [0.1, 0.15) is 0 Å². The Kier molecular flexibility index (Phi) is 6.33. The molecule has 0 N–H and O–H groups in total. The van der Waals surface area contributed by atoms with E-state index < -0.39 is 0 Å². The number of hydrogen-bond acceptors (Lipinski definition) is 3. The van der Waals surface area contributed by atoms with Crippen molar-refractivity contribution in [2.75, 3.05) is 26.7 Å². The zero-order valence-electron chi connectivity index (χ0n) is 10.7. The summed E-state index contributed by atoms with van der Waals surface area (Å²) < 4.78 is 4.53. The fourth-order valence-electron chi connectivity index (χ4n) is 1.72. The highest BCUT2D eigenvalue weighted by molar-refractivity contribution is 5.71. The molecule has 3 nitrogen and oxygen atoms in total. The van der Waals surface area contributed by atoms with Gasteiger partial charge in [0.15, 0.2) is 0 Å². The van der Waals surface area contributed by atoms with Gasteiger partial charge in [-0.3, -0.25) is 9.69 Å². The smallest absolute Gasteiger partial charge is 0.319 e. The van der Waals surface area contributed by atoms with Crippen molar-refractivity contribution < 1.29 is 9.53 Å². The third-order valence-electron chi connectivity index (χ3n) is 2.72. The van der Waals surface area contributed by atoms with Crippen molar-refractivity contribution >= 4 is 5.97 Å². The topological polar surface area (TPSA) is 29.5 Å². The molecule has 0 spiro atoms. The Morgan fingerprint density at radius 3 is 2.24 bits per heavy atom. The van der Waals surface area contributed by atoms with E-state index in [9.17, 15) is 4.79 Å². The minimum Gasteiger partial charge on any atom is -0.468 e. The quantitative estimate of drug-likeness (QED) is 0.736. The molecule has 1 fully saturated rings. The number of nitrogens with zero attached hydrogens (tertiary/aromatic N) is 1. The first-order valence-corrected chi connectivity index (χ1v) is 6.03. The molecule has 1 saturated heterocycles. The summed E-state index contributed by atoms with van der Waals surface area (Å²) in [5.74, 6) is -0.123. The summed E-state index contributed by atoms with van der Waals surface area (Å²) in [5, 5.41) is 0. The summed E-state index contributed by atoms with van der Waals surface area (Å²) in [6.07, 6.45) is 2.44. The van der Waals surface area contributed by atoms with E-state index in [-0.39, 0.29) is 5.97 Å². The van der Waals surface area contributed by atoms with Crippen molar-refractivity contribution in [3.8, 4) is 0 Å². The van der Waals surface area contributed by atoms with Crippen molar-refractivity contribution in [3.63, 3.8) is 0 Å². The molecule has 0 aromatic heterocycles. The molecule has 17 heavy (non-hydrogen) atoms. The Bertz CT molecular complexity index is 318. The van der Waals surface area contributed by atoms with Gasteiger partial charge in [0.25, 0.3) is 0 Å². The van der Waals surface area contributed by atoms with E-state index in [1.165, 1.54) is 25.5 Å². The highest BCUT2D eigenvalue weighted by atomic mass is 16.5. The average molecular weight is 235 g/mol. The number of hydrogen-bond donors (Lipinski definition) is 0. The van der Waals surface area contributed by atoms with Gasteiger partial charge in [0, 0.05) is 0 Å². The van der Waals surface area contributed by atoms with Crippen molar-refractivity contribution in [2.45, 2.75) is 19.8 Å². The van der Waals surface area contributed by atoms with E-state index in [0.717, 1.165) is 13.1 Å². The molecular formula is C14H21NO2. The third-order valence-corrected chi connectivity index (χ3v) is 2.72. The first kappa shape index (κ1) is 13.7. The molecule has 1 aliphatic rings. The summed E-state index contributed by atoms with van der Waals surface area (Å²) in [4.78, 5) is 12.8. The zero-order chi connectivity index (χ0) is 12.5. The Labute approximate surface area is 103 Å². The SMILES string of the molecule is COC(=O)CN1CCCC1.Cc1ccccc1. The number of likely N-dealkylation sites (tertiary alicyclic amines) is 1. The second-order valence-electron chi connectivity index (χ2n) is 4.21. The van der Waals surface area contributed by atoms with Gasteiger partial charge in [-0.15, -0.1) is 0 Å². The third kappa shape index (κ3) is 6.07. The highest BCUT2D eigenvalue weighted by Gasteiger charge is 2.14. The van der Waals surface area contributed by atoms with Crippen molar-refractivity contribution in [2.24, 2.45) is 0 Å². The molecule has 0 aliphatic carbocycles. The molecule has 1 aliphatic heterocycles. The summed E-state index contributed by atoms with van der Waals surface area (Å²) >= 11 is 0. The molecule has 0 radical (unpaired) electrons. The fourth-order valence-corrected chi connectivity index (χ4v) is 1.72. The van der Waals surface area contributed by atoms with E-state index in [4.69, 9.17) is 0 Å². The van der Waals surface area contributed by atoms with Gasteiger partial charge in [0.2, 0.25) is 0 Å². The second-order valence-corrected chi connectivity index (χ2v) is 4.21. The van der Waals surface area contributed by atoms with Gasteiger partial charge in [0.05, 0.1) is 13.7 Å². The number of methoxy groups -OCH3 is 1. The summed E-state index contributed by atoms with van der Waals surface area (Å²) in [6, 6.07) is 10.3. The molecule has 1 heterocycles. The number of benzene rings is 1. The molecular weight excluding hydrogens is 214 g/mol. The number of carbonyl (C=O) groups excluding carboxylic acids is 1. The summed E-state index contributed by atoms with van der Waals surface area (Å²) in [6.45, 7) is 4.65. The Morgan fingerprint density at radius 2 is 1.82 bits per heavy atom. The van der Waals surface area contributed by atoms with Crippen LogP contribution in [0.3, 0.4) is 0 Å². The Balaban J connectivity index is 0.000000181. The van der Waals surface area contributed by atoms with Crippen LogP contribution < -0.4 is 0 Å². The van der Waals surface area contributed by atoms with Crippen LogP contribution in [0.5, 0.6) is 0 Å². The first-order valence-electron chi connectivity index (χ1n) is 6.03. The van der Waals surface area contributed by atoms with Crippen LogP contribution in [0, 0.1) is 6.92 Å². The maximum atomic E-state index is 10.7. The van der Waals surface area contributed by atoms with Gasteiger partial charge in [-0.1, -0.05) is 35.9 Å². The van der Waals surface area contributed by atoms with Crippen molar-refractivity contribution in [1.82, 2.24) is 4.90 Å². The lowest BCUT2D eigenvalue weighted by molar-refractivity contribution is -0.141. The van der Waals surface area contributed by atoms with Crippen molar-refractivity contribution in [3.05, 3.63) is 35.9 Å². The zero-order valence-corrected chi connectivity index (χ0v) is 10.7. The number of rotatable bonds is 2. The van der Waals surface area contributed by atoms with Crippen LogP contribution in [0.4, 0.5) is 0 Å². The van der Waals surface area contributed by atoms with Crippen LogP contribution in [0.2, 0.25) is 0 Å². The van der Waals surface area contributed by atoms with E-state index in [1.54, 1.807) is 0 Å². The minimum absolute atomic E-state index is 0.123. The summed E-state index contributed by atoms with van der Waals surface area (Å²) in [7, 11) is 1.43. The number of carbonyl (C=O) groups is 1. The molecule has 2 rings (SSSR count). The van der Waals surface area contributed by atoms with E-state index in [1.807, 2.05) is 18.2 Å². The molecule has 94 valence electrons. The van der Waals surface area contributed by atoms with Gasteiger partial charge >= 0.3 is 5.97 Å². The van der Waals surface area contributed by atoms with Crippen LogP contribution in [-0.4, -0.2) is 37.6 Å². The lowest BCUT2D eigenvalue weighted by Gasteiger charge is -2.11. The van der Waals surface area contributed by atoms with Crippen LogP contribution in [0.15, 0.2) is 30.3 Å². The molecule has 0 bridgehead atoms. The van der Waals surface area contributed by atoms with Crippen LogP contribution in [0.1, 0.15) is 18.4 Å². The van der Waals surface area contributed by atoms with Gasteiger partial charge in [-0.2, -0.15) is 0 Å². The monoisotopic (exact) mass is 235 g/mol. The van der Waals surface area contributed by atoms with Crippen LogP contribution in [0.25, 0.3) is 0 Å². The normalized spacial score (nSPS) is 14.9. The molecule has 0 amide bonds. The van der Waals surface area contributed by atoms with Gasteiger partial charge in [-0.25, -0.2) is 0 Å². The maximum absolute atomic E-state index is 10.7. The van der Waals surface area contributed by atoms with E-state index >= 15 is 0 Å². The Morgan fingerprint density at radius 1 is 1.24 bits per heavy atom. The summed E-state index contributed by atoms with van der Waals surface area (Å²) in [5.41, 5.74) is 1.32. The predicted molar refractivity (Wildman–Crippen MR) is 68.9 cm³/mol. The Hall–Kier alpha value is -1.35. The molecule has 0 unspecified atom stereocenters. The molecule has 1 aromatic rings. The predicted octanol–water partition coefficient (Wildman–Crippen LogP) is 2.25. The molecule has 3 heteroatoms. The molecule has 1 aromatic carbocycles. The van der Waals surface area contributed by atoms with Crippen LogP contribution >= 0.6 is 0 Å². The van der Waals surface area contributed by atoms with E-state index in [0.29, 0.717) is 6.54 Å². The molecule has 0 saturated carbocycles. The molecule has 0 atom stereocenters. The highest BCUT2D eigenvalue weighted by Crippen LogP contribution is 2.05. The minimum atomic E-state index is -0.123. The number of esters is 1. The first-order chi connectivity index (χ1) is 8.22. The average Bonchev–Trinajstić information content (AvgIpc) is 2.83. The van der Waals surface area contributed by atoms with E-state index in [2.05, 4.69) is 28.7 Å². The number of aryl methyl sites for hydroxylation is 1. The second kappa shape index (κ2) is 7.85.